The lowest BCUT2D eigenvalue weighted by Crippen LogP contribution is -1.94. The van der Waals surface area contributed by atoms with Gasteiger partial charge in [-0.3, -0.25) is 5.43 Å². The number of anilines is 1. The molecule has 0 aliphatic rings. The highest BCUT2D eigenvalue weighted by Crippen LogP contribution is 2.24. The molecule has 2 aromatic carbocycles. The van der Waals surface area contributed by atoms with Crippen LogP contribution in [0.1, 0.15) is 5.56 Å². The summed E-state index contributed by atoms with van der Waals surface area (Å²) < 4.78 is 28.5. The SMILES string of the molecule is Fc1ccc(N/N=C/c2cn(-c3cccs3)nc2-c2ccccc2)c(F)c1. The van der Waals surface area contributed by atoms with E-state index in [4.69, 9.17) is 0 Å². The summed E-state index contributed by atoms with van der Waals surface area (Å²) in [5, 5.41) is 11.7. The first-order chi connectivity index (χ1) is 13.2. The Balaban J connectivity index is 1.66. The summed E-state index contributed by atoms with van der Waals surface area (Å²) in [5.41, 5.74) is 5.17. The third kappa shape index (κ3) is 3.78. The van der Waals surface area contributed by atoms with Gasteiger partial charge in [-0.15, -0.1) is 11.3 Å². The predicted octanol–water partition coefficient (Wildman–Crippen LogP) is 5.33. The van der Waals surface area contributed by atoms with Gasteiger partial charge in [0.25, 0.3) is 0 Å². The van der Waals surface area contributed by atoms with Crippen molar-refractivity contribution in [2.45, 2.75) is 0 Å². The summed E-state index contributed by atoms with van der Waals surface area (Å²) >= 11 is 1.57. The largest absolute Gasteiger partial charge is 0.276 e. The van der Waals surface area contributed by atoms with Gasteiger partial charge in [0.2, 0.25) is 0 Å². The molecule has 0 spiro atoms. The van der Waals surface area contributed by atoms with Gasteiger partial charge in [-0.1, -0.05) is 30.3 Å². The number of hydrogen-bond donors (Lipinski definition) is 1. The molecule has 0 fully saturated rings. The van der Waals surface area contributed by atoms with Crippen molar-refractivity contribution in [3.63, 3.8) is 0 Å². The molecule has 2 heterocycles. The fourth-order valence-electron chi connectivity index (χ4n) is 2.57. The second kappa shape index (κ2) is 7.51. The first-order valence-electron chi connectivity index (χ1n) is 8.14. The zero-order chi connectivity index (χ0) is 18.6. The van der Waals surface area contributed by atoms with E-state index in [0.29, 0.717) is 0 Å². The van der Waals surface area contributed by atoms with Gasteiger partial charge in [0, 0.05) is 23.4 Å². The average molecular weight is 380 g/mol. The minimum absolute atomic E-state index is 0.0968. The predicted molar refractivity (Wildman–Crippen MR) is 104 cm³/mol. The molecular formula is C20H14F2N4S. The Kier molecular flexibility index (Phi) is 4.76. The zero-order valence-electron chi connectivity index (χ0n) is 14.0. The molecule has 27 heavy (non-hydrogen) atoms. The van der Waals surface area contributed by atoms with E-state index in [0.717, 1.165) is 27.9 Å². The van der Waals surface area contributed by atoms with Crippen molar-refractivity contribution >= 4 is 23.2 Å². The molecule has 0 saturated carbocycles. The second-order valence-corrected chi connectivity index (χ2v) is 6.62. The maximum absolute atomic E-state index is 13.7. The normalized spacial score (nSPS) is 11.2. The van der Waals surface area contributed by atoms with Crippen LogP contribution in [0.3, 0.4) is 0 Å². The van der Waals surface area contributed by atoms with E-state index in [-0.39, 0.29) is 5.69 Å². The van der Waals surface area contributed by atoms with Crippen LogP contribution in [-0.4, -0.2) is 16.0 Å². The molecule has 0 unspecified atom stereocenters. The molecule has 4 aromatic rings. The zero-order valence-corrected chi connectivity index (χ0v) is 14.8. The van der Waals surface area contributed by atoms with Gasteiger partial charge in [-0.25, -0.2) is 13.5 Å². The smallest absolute Gasteiger partial charge is 0.151 e. The molecule has 0 saturated heterocycles. The molecule has 4 nitrogen and oxygen atoms in total. The Hall–Kier alpha value is -3.32. The Morgan fingerprint density at radius 1 is 1.04 bits per heavy atom. The third-order valence-electron chi connectivity index (χ3n) is 3.84. The van der Waals surface area contributed by atoms with Gasteiger partial charge < -0.3 is 0 Å². The number of hydrazone groups is 1. The van der Waals surface area contributed by atoms with E-state index >= 15 is 0 Å². The summed E-state index contributed by atoms with van der Waals surface area (Å²) in [6.45, 7) is 0. The number of hydrogen-bond acceptors (Lipinski definition) is 4. The molecule has 4 rings (SSSR count). The molecular weight excluding hydrogens is 366 g/mol. The molecule has 0 aliphatic carbocycles. The molecule has 7 heteroatoms. The highest BCUT2D eigenvalue weighted by molar-refractivity contribution is 7.12. The van der Waals surface area contributed by atoms with Crippen LogP contribution >= 0.6 is 11.3 Å². The standard InChI is InChI=1S/C20H14F2N4S/c21-16-8-9-18(17(22)11-16)24-23-12-15-13-26(19-7-4-10-27-19)25-20(15)14-5-2-1-3-6-14/h1-13,24H/b23-12+. The summed E-state index contributed by atoms with van der Waals surface area (Å²) in [4.78, 5) is 0. The Bertz CT molecular complexity index is 1070. The fourth-order valence-corrected chi connectivity index (χ4v) is 3.22. The number of thiophene rings is 1. The Labute approximate surface area is 158 Å². The van der Waals surface area contributed by atoms with Gasteiger partial charge in [-0.2, -0.15) is 10.2 Å². The molecule has 0 amide bonds. The van der Waals surface area contributed by atoms with Crippen molar-refractivity contribution in [2.24, 2.45) is 5.10 Å². The Morgan fingerprint density at radius 3 is 2.63 bits per heavy atom. The van der Waals surface area contributed by atoms with Crippen molar-refractivity contribution in [2.75, 3.05) is 5.43 Å². The van der Waals surface area contributed by atoms with Crippen LogP contribution in [0, 0.1) is 11.6 Å². The van der Waals surface area contributed by atoms with Crippen LogP contribution in [-0.2, 0) is 0 Å². The lowest BCUT2D eigenvalue weighted by Gasteiger charge is -2.02. The minimum Gasteiger partial charge on any atom is -0.276 e. The van der Waals surface area contributed by atoms with Crippen molar-refractivity contribution < 1.29 is 8.78 Å². The van der Waals surface area contributed by atoms with Crippen LogP contribution in [0.5, 0.6) is 0 Å². The average Bonchev–Trinajstić information content (AvgIpc) is 3.34. The number of nitrogens with one attached hydrogen (secondary N) is 1. The summed E-state index contributed by atoms with van der Waals surface area (Å²) in [7, 11) is 0. The van der Waals surface area contributed by atoms with Gasteiger partial charge in [-0.05, 0) is 29.6 Å². The molecule has 0 atom stereocenters. The molecule has 134 valence electrons. The van der Waals surface area contributed by atoms with Crippen molar-refractivity contribution in [1.82, 2.24) is 9.78 Å². The van der Waals surface area contributed by atoms with E-state index < -0.39 is 11.6 Å². The number of halogens is 2. The highest BCUT2D eigenvalue weighted by Gasteiger charge is 2.11. The van der Waals surface area contributed by atoms with E-state index in [9.17, 15) is 8.78 Å². The molecule has 0 bridgehead atoms. The summed E-state index contributed by atoms with van der Waals surface area (Å²) in [6.07, 6.45) is 3.43. The quantitative estimate of drug-likeness (QED) is 0.376. The van der Waals surface area contributed by atoms with Crippen LogP contribution < -0.4 is 5.43 Å². The lowest BCUT2D eigenvalue weighted by atomic mass is 10.1. The van der Waals surface area contributed by atoms with Crippen molar-refractivity contribution in [3.05, 3.63) is 89.4 Å². The van der Waals surface area contributed by atoms with E-state index in [1.165, 1.54) is 12.1 Å². The van der Waals surface area contributed by atoms with E-state index in [1.54, 1.807) is 22.2 Å². The third-order valence-corrected chi connectivity index (χ3v) is 4.70. The number of benzene rings is 2. The van der Waals surface area contributed by atoms with Crippen molar-refractivity contribution in [1.29, 1.82) is 0 Å². The molecule has 0 radical (unpaired) electrons. The van der Waals surface area contributed by atoms with Crippen LogP contribution in [0.25, 0.3) is 16.3 Å². The first kappa shape index (κ1) is 17.1. The second-order valence-electron chi connectivity index (χ2n) is 5.69. The maximum Gasteiger partial charge on any atom is 0.151 e. The number of rotatable bonds is 5. The first-order valence-corrected chi connectivity index (χ1v) is 9.02. The topological polar surface area (TPSA) is 42.2 Å². The van der Waals surface area contributed by atoms with Gasteiger partial charge in [0.1, 0.15) is 16.5 Å². The highest BCUT2D eigenvalue weighted by atomic mass is 32.1. The Morgan fingerprint density at radius 2 is 1.89 bits per heavy atom. The number of aromatic nitrogens is 2. The van der Waals surface area contributed by atoms with Gasteiger partial charge in [0.05, 0.1) is 11.9 Å². The minimum atomic E-state index is -0.704. The van der Waals surface area contributed by atoms with E-state index in [1.807, 2.05) is 54.0 Å². The maximum atomic E-state index is 13.7. The van der Waals surface area contributed by atoms with Crippen LogP contribution in [0.2, 0.25) is 0 Å². The summed E-state index contributed by atoms with van der Waals surface area (Å²) in [5.74, 6) is -1.34. The molecule has 2 aromatic heterocycles. The number of nitrogens with zero attached hydrogens (tertiary/aromatic N) is 3. The molecule has 1 N–H and O–H groups in total. The van der Waals surface area contributed by atoms with Gasteiger partial charge >= 0.3 is 0 Å². The fraction of sp³-hybridized carbons (Fsp3) is 0. The monoisotopic (exact) mass is 380 g/mol. The lowest BCUT2D eigenvalue weighted by molar-refractivity contribution is 0.585. The van der Waals surface area contributed by atoms with Crippen LogP contribution in [0.4, 0.5) is 14.5 Å². The van der Waals surface area contributed by atoms with Crippen molar-refractivity contribution in [3.8, 4) is 16.3 Å². The van der Waals surface area contributed by atoms with E-state index in [2.05, 4.69) is 15.6 Å². The summed E-state index contributed by atoms with van der Waals surface area (Å²) in [6, 6.07) is 16.9. The molecule has 0 aliphatic heterocycles. The van der Waals surface area contributed by atoms with Gasteiger partial charge in [0.15, 0.2) is 5.82 Å². The van der Waals surface area contributed by atoms with Crippen LogP contribution in [0.15, 0.2) is 77.3 Å².